The molecule has 0 bridgehead atoms. The maximum atomic E-state index is 5.80. The minimum atomic E-state index is 0.666. The van der Waals surface area contributed by atoms with Crippen LogP contribution in [0.3, 0.4) is 0 Å². The molecule has 1 fully saturated rings. The van der Waals surface area contributed by atoms with Crippen LogP contribution in [0.5, 0.6) is 0 Å². The Morgan fingerprint density at radius 3 is 2.93 bits per heavy atom. The van der Waals surface area contributed by atoms with Gasteiger partial charge in [0.2, 0.25) is 0 Å². The molecule has 154 valence electrons. The molecule has 1 aliphatic rings. The zero-order valence-corrected chi connectivity index (χ0v) is 17.1. The summed E-state index contributed by atoms with van der Waals surface area (Å²) in [5.74, 6) is 1.49. The highest BCUT2D eigenvalue weighted by molar-refractivity contribution is 5.79. The first kappa shape index (κ1) is 20.6. The van der Waals surface area contributed by atoms with Crippen molar-refractivity contribution in [2.45, 2.75) is 32.6 Å². The minimum absolute atomic E-state index is 0.666. The van der Waals surface area contributed by atoms with Crippen LogP contribution in [0, 0.1) is 12.8 Å². The molecule has 0 unspecified atom stereocenters. The van der Waals surface area contributed by atoms with Crippen LogP contribution in [0.2, 0.25) is 0 Å². The van der Waals surface area contributed by atoms with Crippen molar-refractivity contribution >= 4 is 11.6 Å². The van der Waals surface area contributed by atoms with Crippen LogP contribution in [0.1, 0.15) is 30.5 Å². The highest BCUT2D eigenvalue weighted by atomic mass is 16.5. The molecule has 0 radical (unpaired) electrons. The molecule has 1 aliphatic heterocycles. The SMILES string of the molecule is CN=C(NCCCOCC1CCOCC1)NCCc1cn2cccc(C)c2n1. The Kier molecular flexibility index (Phi) is 8.11. The van der Waals surface area contributed by atoms with Crippen LogP contribution in [-0.4, -0.2) is 61.9 Å². The number of ether oxygens (including phenoxy) is 2. The number of nitrogens with one attached hydrogen (secondary N) is 2. The minimum Gasteiger partial charge on any atom is -0.381 e. The summed E-state index contributed by atoms with van der Waals surface area (Å²) in [6.45, 7) is 7.13. The summed E-state index contributed by atoms with van der Waals surface area (Å²) in [6, 6.07) is 4.13. The molecular formula is C21H33N5O2. The lowest BCUT2D eigenvalue weighted by molar-refractivity contribution is 0.0203. The van der Waals surface area contributed by atoms with E-state index in [4.69, 9.17) is 14.5 Å². The number of hydrogen-bond donors (Lipinski definition) is 2. The van der Waals surface area contributed by atoms with Crippen molar-refractivity contribution in [1.29, 1.82) is 0 Å². The maximum Gasteiger partial charge on any atom is 0.190 e. The molecule has 2 aromatic heterocycles. The summed E-state index contributed by atoms with van der Waals surface area (Å²) in [6.07, 6.45) is 8.21. The standard InChI is InChI=1S/C21H33N5O2/c1-17-5-3-11-26-15-19(25-20(17)26)6-10-24-21(22-2)23-9-4-12-28-16-18-7-13-27-14-8-18/h3,5,11,15,18H,4,6-10,12-14,16H2,1-2H3,(H2,22,23,24). The topological polar surface area (TPSA) is 72.2 Å². The number of aliphatic imine (C=N–C) groups is 1. The fourth-order valence-electron chi connectivity index (χ4n) is 3.40. The average molecular weight is 388 g/mol. The summed E-state index contributed by atoms with van der Waals surface area (Å²) in [5.41, 5.74) is 3.30. The molecule has 7 heteroatoms. The van der Waals surface area contributed by atoms with Crippen LogP contribution in [0.15, 0.2) is 29.5 Å². The zero-order valence-electron chi connectivity index (χ0n) is 17.1. The third kappa shape index (κ3) is 6.21. The van der Waals surface area contributed by atoms with Crippen LogP contribution in [0.25, 0.3) is 5.65 Å². The Hall–Kier alpha value is -2.12. The van der Waals surface area contributed by atoms with Gasteiger partial charge in [-0.15, -0.1) is 0 Å². The predicted octanol–water partition coefficient (Wildman–Crippen LogP) is 2.18. The predicted molar refractivity (Wildman–Crippen MR) is 112 cm³/mol. The van der Waals surface area contributed by atoms with Crippen LogP contribution < -0.4 is 10.6 Å². The first-order valence-electron chi connectivity index (χ1n) is 10.3. The van der Waals surface area contributed by atoms with Gasteiger partial charge in [-0.05, 0) is 43.7 Å². The second kappa shape index (κ2) is 11.0. The van der Waals surface area contributed by atoms with Crippen molar-refractivity contribution in [2.24, 2.45) is 10.9 Å². The van der Waals surface area contributed by atoms with Gasteiger partial charge in [0.1, 0.15) is 5.65 Å². The van der Waals surface area contributed by atoms with Crippen LogP contribution in [-0.2, 0) is 15.9 Å². The largest absolute Gasteiger partial charge is 0.381 e. The molecule has 0 saturated carbocycles. The lowest BCUT2D eigenvalue weighted by Crippen LogP contribution is -2.39. The van der Waals surface area contributed by atoms with E-state index in [9.17, 15) is 0 Å². The van der Waals surface area contributed by atoms with Gasteiger partial charge < -0.3 is 24.5 Å². The summed E-state index contributed by atoms with van der Waals surface area (Å²) in [5, 5.41) is 6.70. The maximum absolute atomic E-state index is 5.80. The van der Waals surface area contributed by atoms with E-state index in [1.807, 2.05) is 12.3 Å². The Bertz CT molecular complexity index is 752. The van der Waals surface area contributed by atoms with Gasteiger partial charge in [-0.3, -0.25) is 4.99 Å². The third-order valence-corrected chi connectivity index (χ3v) is 5.08. The number of imidazole rings is 1. The van der Waals surface area contributed by atoms with Gasteiger partial charge in [0.05, 0.1) is 5.69 Å². The Balaban J connectivity index is 1.28. The van der Waals surface area contributed by atoms with Crippen molar-refractivity contribution in [2.75, 3.05) is 46.6 Å². The third-order valence-electron chi connectivity index (χ3n) is 5.08. The number of fused-ring (bicyclic) bond motifs is 1. The van der Waals surface area contributed by atoms with Gasteiger partial charge in [-0.1, -0.05) is 6.07 Å². The fraction of sp³-hybridized carbons (Fsp3) is 0.619. The quantitative estimate of drug-likeness (QED) is 0.392. The summed E-state index contributed by atoms with van der Waals surface area (Å²) in [4.78, 5) is 8.99. The molecule has 2 aromatic rings. The van der Waals surface area contributed by atoms with Crippen LogP contribution >= 0.6 is 0 Å². The smallest absolute Gasteiger partial charge is 0.190 e. The van der Waals surface area contributed by atoms with Gasteiger partial charge in [0.15, 0.2) is 5.96 Å². The Morgan fingerprint density at radius 1 is 1.32 bits per heavy atom. The first-order valence-corrected chi connectivity index (χ1v) is 10.3. The molecule has 3 rings (SSSR count). The summed E-state index contributed by atoms with van der Waals surface area (Å²) >= 11 is 0. The van der Waals surface area contributed by atoms with E-state index in [0.29, 0.717) is 5.92 Å². The van der Waals surface area contributed by atoms with E-state index in [2.05, 4.69) is 39.2 Å². The number of pyridine rings is 1. The van der Waals surface area contributed by atoms with Gasteiger partial charge in [0.25, 0.3) is 0 Å². The van der Waals surface area contributed by atoms with Crippen molar-refractivity contribution in [3.8, 4) is 0 Å². The second-order valence-electron chi connectivity index (χ2n) is 7.31. The van der Waals surface area contributed by atoms with E-state index < -0.39 is 0 Å². The molecule has 2 N–H and O–H groups in total. The molecule has 3 heterocycles. The van der Waals surface area contributed by atoms with Gasteiger partial charge >= 0.3 is 0 Å². The van der Waals surface area contributed by atoms with E-state index in [1.54, 1.807) is 7.05 Å². The molecule has 7 nitrogen and oxygen atoms in total. The molecule has 0 amide bonds. The van der Waals surface area contributed by atoms with E-state index in [0.717, 1.165) is 82.5 Å². The van der Waals surface area contributed by atoms with Gasteiger partial charge in [-0.2, -0.15) is 0 Å². The van der Waals surface area contributed by atoms with Crippen LogP contribution in [0.4, 0.5) is 0 Å². The van der Waals surface area contributed by atoms with Crippen molar-refractivity contribution in [1.82, 2.24) is 20.0 Å². The van der Waals surface area contributed by atoms with Gasteiger partial charge in [-0.25, -0.2) is 4.98 Å². The van der Waals surface area contributed by atoms with E-state index >= 15 is 0 Å². The molecule has 0 aliphatic carbocycles. The van der Waals surface area contributed by atoms with E-state index in [-0.39, 0.29) is 0 Å². The lowest BCUT2D eigenvalue weighted by Gasteiger charge is -2.21. The number of rotatable bonds is 9. The number of aromatic nitrogens is 2. The second-order valence-corrected chi connectivity index (χ2v) is 7.31. The molecule has 0 atom stereocenters. The number of hydrogen-bond acceptors (Lipinski definition) is 4. The molecule has 0 aromatic carbocycles. The zero-order chi connectivity index (χ0) is 19.6. The van der Waals surface area contributed by atoms with Crippen molar-refractivity contribution in [3.05, 3.63) is 35.8 Å². The summed E-state index contributed by atoms with van der Waals surface area (Å²) in [7, 11) is 1.80. The lowest BCUT2D eigenvalue weighted by atomic mass is 10.0. The Labute approximate surface area is 167 Å². The number of guanidine groups is 1. The monoisotopic (exact) mass is 387 g/mol. The molecule has 28 heavy (non-hydrogen) atoms. The average Bonchev–Trinajstić information content (AvgIpc) is 3.14. The summed E-state index contributed by atoms with van der Waals surface area (Å²) < 4.78 is 13.3. The van der Waals surface area contributed by atoms with Gasteiger partial charge in [0, 0.05) is 65.4 Å². The number of nitrogens with zero attached hydrogens (tertiary/aromatic N) is 3. The van der Waals surface area contributed by atoms with Crippen molar-refractivity contribution in [3.63, 3.8) is 0 Å². The Morgan fingerprint density at radius 2 is 2.14 bits per heavy atom. The number of aryl methyl sites for hydroxylation is 1. The van der Waals surface area contributed by atoms with E-state index in [1.165, 1.54) is 5.56 Å². The first-order chi connectivity index (χ1) is 13.8. The van der Waals surface area contributed by atoms with Crippen molar-refractivity contribution < 1.29 is 9.47 Å². The molecular weight excluding hydrogens is 354 g/mol. The highest BCUT2D eigenvalue weighted by Gasteiger charge is 2.13. The normalized spacial score (nSPS) is 15.9. The molecule has 0 spiro atoms. The fourth-order valence-corrected chi connectivity index (χ4v) is 3.40. The molecule has 1 saturated heterocycles. The highest BCUT2D eigenvalue weighted by Crippen LogP contribution is 2.14.